The minimum atomic E-state index is -1.19. The number of hydrogen-bond donors (Lipinski definition) is 2. The zero-order chi connectivity index (χ0) is 22.8. The third-order valence-corrected chi connectivity index (χ3v) is 5.49. The summed E-state index contributed by atoms with van der Waals surface area (Å²) >= 11 is 0. The van der Waals surface area contributed by atoms with E-state index < -0.39 is 28.9 Å². The molecule has 1 amide bonds. The van der Waals surface area contributed by atoms with Gasteiger partial charge in [-0.1, -0.05) is 12.1 Å². The average molecular weight is 434 g/mol. The van der Waals surface area contributed by atoms with Gasteiger partial charge in [-0.3, -0.25) is 0 Å². The van der Waals surface area contributed by atoms with Crippen molar-refractivity contribution in [1.29, 1.82) is 0 Å². The largest absolute Gasteiger partial charge is 0.465 e. The van der Waals surface area contributed by atoms with E-state index in [0.29, 0.717) is 31.6 Å². The number of aliphatic hydroxyl groups is 1. The predicted molar refractivity (Wildman–Crippen MR) is 114 cm³/mol. The van der Waals surface area contributed by atoms with Gasteiger partial charge in [0.15, 0.2) is 11.6 Å². The second-order valence-corrected chi connectivity index (χ2v) is 8.90. The van der Waals surface area contributed by atoms with Crippen molar-refractivity contribution in [2.24, 2.45) is 0 Å². The number of halogens is 2. The fourth-order valence-electron chi connectivity index (χ4n) is 3.69. The summed E-state index contributed by atoms with van der Waals surface area (Å²) in [5, 5.41) is 20.5. The van der Waals surface area contributed by atoms with E-state index in [-0.39, 0.29) is 18.0 Å². The molecule has 6 nitrogen and oxygen atoms in total. The van der Waals surface area contributed by atoms with Crippen LogP contribution in [-0.2, 0) is 0 Å². The summed E-state index contributed by atoms with van der Waals surface area (Å²) < 4.78 is 34.0. The van der Waals surface area contributed by atoms with Crippen LogP contribution in [0.5, 0.6) is 11.5 Å². The normalized spacial score (nSPS) is 16.1. The summed E-state index contributed by atoms with van der Waals surface area (Å²) in [5.41, 5.74) is -1.51. The van der Waals surface area contributed by atoms with Gasteiger partial charge in [-0.25, -0.2) is 13.6 Å². The van der Waals surface area contributed by atoms with Gasteiger partial charge in [0.05, 0.1) is 17.8 Å². The molecule has 0 spiro atoms. The van der Waals surface area contributed by atoms with Crippen molar-refractivity contribution in [2.45, 2.75) is 44.8 Å². The number of rotatable bonds is 5. The number of ether oxygens (including phenoxy) is 1. The van der Waals surface area contributed by atoms with Gasteiger partial charge in [0.2, 0.25) is 0 Å². The monoisotopic (exact) mass is 434 g/mol. The average Bonchev–Trinajstić information content (AvgIpc) is 2.68. The van der Waals surface area contributed by atoms with E-state index in [2.05, 4.69) is 0 Å². The minimum absolute atomic E-state index is 0.00905. The maximum atomic E-state index is 15.1. The Kier molecular flexibility index (Phi) is 6.40. The Morgan fingerprint density at radius 1 is 1.16 bits per heavy atom. The highest BCUT2D eigenvalue weighted by Crippen LogP contribution is 2.34. The lowest BCUT2D eigenvalue weighted by molar-refractivity contribution is -0.0313. The molecule has 1 heterocycles. The number of carboxylic acid groups (broad SMARTS) is 1. The van der Waals surface area contributed by atoms with Gasteiger partial charge in [0.1, 0.15) is 11.6 Å². The first-order valence-electron chi connectivity index (χ1n) is 10.2. The van der Waals surface area contributed by atoms with Gasteiger partial charge in [-0.15, -0.1) is 0 Å². The van der Waals surface area contributed by atoms with E-state index in [9.17, 15) is 19.4 Å². The summed E-state index contributed by atoms with van der Waals surface area (Å²) in [7, 11) is 0. The van der Waals surface area contributed by atoms with Crippen LogP contribution in [0.4, 0.5) is 19.3 Å². The Balaban J connectivity index is 1.71. The summed E-state index contributed by atoms with van der Waals surface area (Å²) in [6.07, 6.45) is -0.501. The highest BCUT2D eigenvalue weighted by molar-refractivity contribution is 5.66. The van der Waals surface area contributed by atoms with Gasteiger partial charge >= 0.3 is 6.09 Å². The van der Waals surface area contributed by atoms with Crippen LogP contribution in [0.2, 0.25) is 0 Å². The molecule has 0 atom stereocenters. The SMILES string of the molecule is CC(C)(C)N(CC1(O)CCN(c2cccc(Oc3cccc(F)c3)c2F)CC1)C(=O)O. The van der Waals surface area contributed by atoms with Crippen molar-refractivity contribution in [1.82, 2.24) is 4.90 Å². The van der Waals surface area contributed by atoms with E-state index in [4.69, 9.17) is 4.74 Å². The third-order valence-electron chi connectivity index (χ3n) is 5.49. The van der Waals surface area contributed by atoms with Crippen LogP contribution in [0.1, 0.15) is 33.6 Å². The molecule has 31 heavy (non-hydrogen) atoms. The van der Waals surface area contributed by atoms with E-state index in [0.717, 1.165) is 0 Å². The maximum Gasteiger partial charge on any atom is 0.407 e. The maximum absolute atomic E-state index is 15.1. The van der Waals surface area contributed by atoms with E-state index in [1.807, 2.05) is 0 Å². The number of benzene rings is 2. The van der Waals surface area contributed by atoms with Crippen LogP contribution in [0.3, 0.4) is 0 Å². The van der Waals surface area contributed by atoms with Crippen LogP contribution in [0, 0.1) is 11.6 Å². The first-order valence-corrected chi connectivity index (χ1v) is 10.2. The molecular formula is C23H28F2N2O4. The number of hydrogen-bond acceptors (Lipinski definition) is 4. The fraction of sp³-hybridized carbons (Fsp3) is 0.435. The lowest BCUT2D eigenvalue weighted by Crippen LogP contribution is -2.56. The summed E-state index contributed by atoms with van der Waals surface area (Å²) in [6, 6.07) is 10.2. The Hall–Kier alpha value is -2.87. The number of carbonyl (C=O) groups is 1. The lowest BCUT2D eigenvalue weighted by Gasteiger charge is -2.44. The molecule has 1 fully saturated rings. The Labute approximate surface area is 180 Å². The number of anilines is 1. The molecule has 0 bridgehead atoms. The van der Waals surface area contributed by atoms with Gasteiger partial charge in [-0.2, -0.15) is 0 Å². The highest BCUT2D eigenvalue weighted by atomic mass is 19.1. The molecule has 1 aliphatic rings. The molecule has 1 saturated heterocycles. The van der Waals surface area contributed by atoms with Gasteiger partial charge in [0, 0.05) is 24.7 Å². The molecule has 0 unspecified atom stereocenters. The molecule has 8 heteroatoms. The standard InChI is InChI=1S/C23H28F2N2O4/c1-22(2,3)27(21(28)29)15-23(30)10-12-26(13-11-23)18-8-5-9-19(20(18)25)31-17-7-4-6-16(24)14-17/h4-9,14,30H,10-13,15H2,1-3H3,(H,28,29). The summed E-state index contributed by atoms with van der Waals surface area (Å²) in [5.74, 6) is -0.872. The smallest absolute Gasteiger partial charge is 0.407 e. The van der Waals surface area contributed by atoms with Crippen molar-refractivity contribution >= 4 is 11.8 Å². The number of piperidine rings is 1. The molecule has 0 aromatic heterocycles. The third kappa shape index (κ3) is 5.44. The van der Waals surface area contributed by atoms with E-state index in [1.165, 1.54) is 29.2 Å². The molecule has 2 aromatic carbocycles. The van der Waals surface area contributed by atoms with E-state index >= 15 is 4.39 Å². The van der Waals surface area contributed by atoms with Crippen molar-refractivity contribution < 1.29 is 28.5 Å². The van der Waals surface area contributed by atoms with Crippen LogP contribution in [0.25, 0.3) is 0 Å². The second kappa shape index (κ2) is 8.70. The zero-order valence-electron chi connectivity index (χ0n) is 17.9. The number of nitrogens with zero attached hydrogens (tertiary/aromatic N) is 2. The topological polar surface area (TPSA) is 73.2 Å². The zero-order valence-corrected chi connectivity index (χ0v) is 17.9. The Morgan fingerprint density at radius 3 is 2.39 bits per heavy atom. The van der Waals surface area contributed by atoms with Crippen LogP contribution in [0.15, 0.2) is 42.5 Å². The number of amides is 1. The van der Waals surface area contributed by atoms with Gasteiger partial charge in [-0.05, 0) is 57.9 Å². The lowest BCUT2D eigenvalue weighted by atomic mass is 9.89. The Bertz CT molecular complexity index is 937. The van der Waals surface area contributed by atoms with E-state index in [1.54, 1.807) is 43.9 Å². The Morgan fingerprint density at radius 2 is 1.81 bits per heavy atom. The molecule has 168 valence electrons. The second-order valence-electron chi connectivity index (χ2n) is 8.90. The fourth-order valence-corrected chi connectivity index (χ4v) is 3.69. The summed E-state index contributed by atoms with van der Waals surface area (Å²) in [6.45, 7) is 6.03. The molecule has 2 aromatic rings. The van der Waals surface area contributed by atoms with Crippen LogP contribution < -0.4 is 9.64 Å². The van der Waals surface area contributed by atoms with Gasteiger partial charge in [0.25, 0.3) is 0 Å². The van der Waals surface area contributed by atoms with Crippen molar-refractivity contribution in [3.05, 3.63) is 54.1 Å². The molecular weight excluding hydrogens is 406 g/mol. The molecule has 1 aliphatic heterocycles. The first-order chi connectivity index (χ1) is 14.5. The van der Waals surface area contributed by atoms with Crippen LogP contribution >= 0.6 is 0 Å². The van der Waals surface area contributed by atoms with Crippen molar-refractivity contribution in [2.75, 3.05) is 24.5 Å². The number of β-amino-alcohol motifs (C(OH)–C–C–N with tert-alkyl or cyclic N) is 1. The molecule has 0 aliphatic carbocycles. The molecule has 0 radical (unpaired) electrons. The van der Waals surface area contributed by atoms with Crippen molar-refractivity contribution in [3.8, 4) is 11.5 Å². The highest BCUT2D eigenvalue weighted by Gasteiger charge is 2.39. The quantitative estimate of drug-likeness (QED) is 0.703. The van der Waals surface area contributed by atoms with Crippen molar-refractivity contribution in [3.63, 3.8) is 0 Å². The van der Waals surface area contributed by atoms with Crippen LogP contribution in [-0.4, -0.2) is 52.0 Å². The summed E-state index contributed by atoms with van der Waals surface area (Å²) in [4.78, 5) is 14.6. The first kappa shape index (κ1) is 22.8. The van der Waals surface area contributed by atoms with Gasteiger partial charge < -0.3 is 24.7 Å². The molecule has 2 N–H and O–H groups in total. The predicted octanol–water partition coefficient (Wildman–Crippen LogP) is 4.87. The molecule has 0 saturated carbocycles. The molecule has 3 rings (SSSR count). The minimum Gasteiger partial charge on any atom is -0.465 e.